The largest absolute Gasteiger partial charge is 0.358 e. The van der Waals surface area contributed by atoms with Crippen LogP contribution in [0, 0.1) is 17.0 Å². The number of aromatic amines is 1. The van der Waals surface area contributed by atoms with Gasteiger partial charge in [-0.25, -0.2) is 5.48 Å². The van der Waals surface area contributed by atoms with Crippen LogP contribution in [0.4, 0.5) is 5.69 Å². The number of fused-ring (bicyclic) bond motifs is 1. The fraction of sp³-hybridized carbons (Fsp3) is 0.190. The number of H-pyrrole nitrogens is 1. The molecule has 1 aromatic heterocycles. The van der Waals surface area contributed by atoms with Crippen molar-refractivity contribution < 1.29 is 14.9 Å². The first-order chi connectivity index (χ1) is 14.0. The summed E-state index contributed by atoms with van der Waals surface area (Å²) < 4.78 is 0. The lowest BCUT2D eigenvalue weighted by Crippen LogP contribution is -2.17. The molecule has 29 heavy (non-hydrogen) atoms. The van der Waals surface area contributed by atoms with E-state index in [4.69, 9.17) is 5.21 Å². The van der Waals surface area contributed by atoms with Crippen molar-refractivity contribution in [3.05, 3.63) is 81.0 Å². The van der Waals surface area contributed by atoms with Gasteiger partial charge in [-0.2, -0.15) is 0 Å². The van der Waals surface area contributed by atoms with Crippen molar-refractivity contribution in [2.24, 2.45) is 0 Å². The number of hydrogen-bond donors (Lipinski definition) is 4. The predicted molar refractivity (Wildman–Crippen MR) is 111 cm³/mol. The fourth-order valence-electron chi connectivity index (χ4n) is 3.30. The van der Waals surface area contributed by atoms with E-state index in [0.29, 0.717) is 6.54 Å². The molecule has 0 aliphatic carbocycles. The molecule has 3 aromatic rings. The van der Waals surface area contributed by atoms with Gasteiger partial charge in [-0.3, -0.25) is 20.1 Å². The van der Waals surface area contributed by atoms with Crippen LogP contribution in [0.3, 0.4) is 0 Å². The number of nitro groups is 1. The number of rotatable bonds is 8. The van der Waals surface area contributed by atoms with Gasteiger partial charge in [0, 0.05) is 35.3 Å². The van der Waals surface area contributed by atoms with Crippen molar-refractivity contribution in [2.75, 3.05) is 6.54 Å². The lowest BCUT2D eigenvalue weighted by Gasteiger charge is -2.07. The lowest BCUT2D eigenvalue weighted by atomic mass is 10.1. The zero-order chi connectivity index (χ0) is 20.8. The molecule has 8 nitrogen and oxygen atoms in total. The van der Waals surface area contributed by atoms with Gasteiger partial charge in [0.1, 0.15) is 0 Å². The van der Waals surface area contributed by atoms with E-state index in [1.807, 2.05) is 12.1 Å². The van der Waals surface area contributed by atoms with Crippen LogP contribution in [0.15, 0.2) is 48.5 Å². The molecule has 3 rings (SSSR count). The first-order valence-electron chi connectivity index (χ1n) is 9.16. The van der Waals surface area contributed by atoms with Crippen LogP contribution in [-0.4, -0.2) is 27.6 Å². The number of hydroxylamine groups is 1. The van der Waals surface area contributed by atoms with Crippen molar-refractivity contribution >= 4 is 28.6 Å². The molecule has 4 N–H and O–H groups in total. The molecule has 0 bridgehead atoms. The summed E-state index contributed by atoms with van der Waals surface area (Å²) in [7, 11) is 0. The third-order valence-corrected chi connectivity index (χ3v) is 4.72. The maximum atomic E-state index is 11.3. The Balaban J connectivity index is 1.64. The molecule has 0 unspecified atom stereocenters. The number of nitro benzene ring substituents is 1. The number of carbonyl (C=O) groups excluding carboxylic acids is 1. The summed E-state index contributed by atoms with van der Waals surface area (Å²) in [5.74, 6) is -0.752. The average molecular weight is 394 g/mol. The smallest absolute Gasteiger partial charge is 0.276 e. The van der Waals surface area contributed by atoms with Crippen molar-refractivity contribution in [1.82, 2.24) is 15.8 Å². The molecule has 0 radical (unpaired) electrons. The molecular weight excluding hydrogens is 372 g/mol. The van der Waals surface area contributed by atoms with Crippen LogP contribution in [-0.2, 0) is 17.8 Å². The van der Waals surface area contributed by atoms with E-state index in [2.05, 4.69) is 29.4 Å². The maximum absolute atomic E-state index is 11.3. The zero-order valence-electron chi connectivity index (χ0n) is 15.9. The zero-order valence-corrected chi connectivity index (χ0v) is 15.9. The van der Waals surface area contributed by atoms with Gasteiger partial charge in [-0.1, -0.05) is 24.3 Å². The number of amides is 1. The van der Waals surface area contributed by atoms with Gasteiger partial charge in [0.15, 0.2) is 0 Å². The molecule has 150 valence electrons. The molecule has 8 heteroatoms. The van der Waals surface area contributed by atoms with Crippen LogP contribution < -0.4 is 10.8 Å². The van der Waals surface area contributed by atoms with Crippen LogP contribution in [0.25, 0.3) is 17.0 Å². The summed E-state index contributed by atoms with van der Waals surface area (Å²) in [6.45, 7) is 3.28. The van der Waals surface area contributed by atoms with E-state index in [9.17, 15) is 14.9 Å². The third-order valence-electron chi connectivity index (χ3n) is 4.72. The Hall–Kier alpha value is -3.49. The van der Waals surface area contributed by atoms with Gasteiger partial charge >= 0.3 is 0 Å². The highest BCUT2D eigenvalue weighted by atomic mass is 16.6. The van der Waals surface area contributed by atoms with Crippen LogP contribution in [0.5, 0.6) is 0 Å². The van der Waals surface area contributed by atoms with Gasteiger partial charge in [0.05, 0.1) is 10.5 Å². The summed E-state index contributed by atoms with van der Waals surface area (Å²) in [5, 5.41) is 24.4. The molecular formula is C21H22N4O4. The third kappa shape index (κ3) is 4.87. The summed E-state index contributed by atoms with van der Waals surface area (Å²) in [4.78, 5) is 25.3. The van der Waals surface area contributed by atoms with E-state index in [1.54, 1.807) is 12.1 Å². The molecule has 0 fully saturated rings. The first-order valence-corrected chi connectivity index (χ1v) is 9.16. The Bertz CT molecular complexity index is 1070. The van der Waals surface area contributed by atoms with E-state index in [1.165, 1.54) is 28.6 Å². The molecule has 1 heterocycles. The summed E-state index contributed by atoms with van der Waals surface area (Å²) >= 11 is 0. The number of aryl methyl sites for hydroxylation is 1. The van der Waals surface area contributed by atoms with Crippen molar-refractivity contribution in [2.45, 2.75) is 19.9 Å². The number of carbonyl (C=O) groups is 1. The van der Waals surface area contributed by atoms with Gasteiger partial charge in [-0.05, 0) is 49.2 Å². The minimum Gasteiger partial charge on any atom is -0.358 e. The van der Waals surface area contributed by atoms with Crippen LogP contribution >= 0.6 is 0 Å². The van der Waals surface area contributed by atoms with Gasteiger partial charge < -0.3 is 10.3 Å². The fourth-order valence-corrected chi connectivity index (χ4v) is 3.30. The Morgan fingerprint density at radius 3 is 2.83 bits per heavy atom. The second-order valence-corrected chi connectivity index (χ2v) is 6.66. The highest BCUT2D eigenvalue weighted by molar-refractivity contribution is 5.91. The Kier molecular flexibility index (Phi) is 6.38. The number of nitrogens with one attached hydrogen (secondary N) is 3. The first kappa shape index (κ1) is 20.2. The highest BCUT2D eigenvalue weighted by Gasteiger charge is 2.13. The summed E-state index contributed by atoms with van der Waals surface area (Å²) in [6.07, 6.45) is 3.17. The standard InChI is InChI=1S/C21H22N4O4/c1-14-17(18-4-2-3-5-19(18)23-14)10-11-22-13-15-6-7-16(8-9-21(26)24-27)20(12-15)25(28)29/h2-9,12,22-23,27H,10-11,13H2,1H3,(H,24,26)/b9-8+. The predicted octanol–water partition coefficient (Wildman–Crippen LogP) is 3.24. The van der Waals surface area contributed by atoms with Gasteiger partial charge in [0.25, 0.3) is 11.6 Å². The average Bonchev–Trinajstić information content (AvgIpc) is 3.04. The summed E-state index contributed by atoms with van der Waals surface area (Å²) in [6, 6.07) is 13.0. The molecule has 0 saturated carbocycles. The number of hydrogen-bond acceptors (Lipinski definition) is 5. The van der Waals surface area contributed by atoms with Crippen molar-refractivity contribution in [3.8, 4) is 0 Å². The Labute approximate surface area is 167 Å². The van der Waals surface area contributed by atoms with E-state index >= 15 is 0 Å². The van der Waals surface area contributed by atoms with E-state index in [-0.39, 0.29) is 11.3 Å². The number of nitrogens with zero attached hydrogens (tertiary/aromatic N) is 1. The number of aromatic nitrogens is 1. The van der Waals surface area contributed by atoms with Crippen LogP contribution in [0.1, 0.15) is 22.4 Å². The quantitative estimate of drug-likeness (QED) is 0.154. The minimum absolute atomic E-state index is 0.0984. The van der Waals surface area contributed by atoms with Crippen molar-refractivity contribution in [3.63, 3.8) is 0 Å². The SMILES string of the molecule is Cc1[nH]c2ccccc2c1CCNCc1ccc(/C=C/C(=O)NO)c([N+](=O)[O-])c1. The Morgan fingerprint density at radius 1 is 1.28 bits per heavy atom. The molecule has 0 aliphatic heterocycles. The molecule has 0 spiro atoms. The van der Waals surface area contributed by atoms with E-state index in [0.717, 1.165) is 35.8 Å². The minimum atomic E-state index is -0.752. The number of para-hydroxylation sites is 1. The normalized spacial score (nSPS) is 11.2. The second kappa shape index (κ2) is 9.13. The lowest BCUT2D eigenvalue weighted by molar-refractivity contribution is -0.385. The highest BCUT2D eigenvalue weighted by Crippen LogP contribution is 2.23. The van der Waals surface area contributed by atoms with Gasteiger partial charge in [-0.15, -0.1) is 0 Å². The molecule has 0 saturated heterocycles. The molecule has 0 atom stereocenters. The Morgan fingerprint density at radius 2 is 2.07 bits per heavy atom. The molecule has 0 aliphatic rings. The second-order valence-electron chi connectivity index (χ2n) is 6.66. The number of benzene rings is 2. The molecule has 1 amide bonds. The molecule has 2 aromatic carbocycles. The topological polar surface area (TPSA) is 120 Å². The summed E-state index contributed by atoms with van der Waals surface area (Å²) in [5.41, 5.74) is 5.94. The van der Waals surface area contributed by atoms with Crippen molar-refractivity contribution in [1.29, 1.82) is 0 Å². The monoisotopic (exact) mass is 394 g/mol. The van der Waals surface area contributed by atoms with Crippen LogP contribution in [0.2, 0.25) is 0 Å². The maximum Gasteiger partial charge on any atom is 0.276 e. The van der Waals surface area contributed by atoms with Gasteiger partial charge in [0.2, 0.25) is 0 Å². The van der Waals surface area contributed by atoms with E-state index < -0.39 is 10.8 Å².